The van der Waals surface area contributed by atoms with Crippen molar-refractivity contribution in [3.63, 3.8) is 0 Å². The fourth-order valence-corrected chi connectivity index (χ4v) is 0.457. The topological polar surface area (TPSA) is 0 Å². The summed E-state index contributed by atoms with van der Waals surface area (Å²) in [7, 11) is 0. The van der Waals surface area contributed by atoms with Crippen LogP contribution in [0.25, 0.3) is 0 Å². The molecule has 0 aromatic rings. The van der Waals surface area contributed by atoms with Crippen molar-refractivity contribution in [1.82, 2.24) is 0 Å². The van der Waals surface area contributed by atoms with Crippen molar-refractivity contribution in [2.45, 2.75) is 6.42 Å². The Morgan fingerprint density at radius 3 is 2.50 bits per heavy atom. The molecule has 0 fully saturated rings. The molecule has 1 aliphatic carbocycles. The molecule has 0 N–H and O–H groups in total. The van der Waals surface area contributed by atoms with Crippen molar-refractivity contribution in [2.75, 3.05) is 0 Å². The van der Waals surface area contributed by atoms with Gasteiger partial charge in [-0.15, -0.1) is 0 Å². The summed E-state index contributed by atoms with van der Waals surface area (Å²) >= 11 is 0. The van der Waals surface area contributed by atoms with Crippen LogP contribution < -0.4 is 0 Å². The van der Waals surface area contributed by atoms with Gasteiger partial charge in [-0.05, 0) is 12.8 Å². The average molecular weight is 81.1 g/mol. The maximum Gasteiger partial charge on any atom is -0.0130 e. The molecule has 1 rings (SSSR count). The second-order valence-electron chi connectivity index (χ2n) is 1.28. The Morgan fingerprint density at radius 2 is 2.33 bits per heavy atom. The molecule has 0 nitrogen and oxygen atoms in total. The summed E-state index contributed by atoms with van der Waals surface area (Å²) in [5.41, 5.74) is 0. The molecule has 0 aliphatic heterocycles. The van der Waals surface area contributed by atoms with E-state index in [2.05, 4.69) is 24.6 Å². The van der Waals surface area contributed by atoms with Gasteiger partial charge in [0.15, 0.2) is 0 Å². The van der Waals surface area contributed by atoms with Crippen LogP contribution in [0.3, 0.4) is 0 Å². The van der Waals surface area contributed by atoms with Crippen molar-refractivity contribution >= 4 is 0 Å². The minimum atomic E-state index is 1.11. The minimum absolute atomic E-state index is 1.11. The summed E-state index contributed by atoms with van der Waals surface area (Å²) in [5, 5.41) is 0. The first-order valence-corrected chi connectivity index (χ1v) is 2.15. The van der Waals surface area contributed by atoms with E-state index < -0.39 is 0 Å². The first-order chi connectivity index (χ1) is 3.00. The van der Waals surface area contributed by atoms with Crippen LogP contribution in [0.1, 0.15) is 6.42 Å². The maximum atomic E-state index is 2.12. The van der Waals surface area contributed by atoms with E-state index in [-0.39, 0.29) is 0 Å². The highest BCUT2D eigenvalue weighted by Gasteiger charge is 1.78. The Hall–Kier alpha value is -0.520. The SMILES string of the molecule is C1=CC[14CH]C=C1. The second-order valence-corrected chi connectivity index (χ2v) is 1.28. The first-order valence-electron chi connectivity index (χ1n) is 2.15. The molecule has 0 spiro atoms. The number of hydrogen-bond acceptors (Lipinski definition) is 0. The molecule has 31 valence electrons. The molecular weight excluding hydrogens is 74.1 g/mol. The Bertz CT molecular complexity index is 66.0. The van der Waals surface area contributed by atoms with Crippen LogP contribution in [0, 0.1) is 6.42 Å². The van der Waals surface area contributed by atoms with E-state index in [9.17, 15) is 0 Å². The van der Waals surface area contributed by atoms with E-state index in [4.69, 9.17) is 0 Å². The highest BCUT2D eigenvalue weighted by molar-refractivity contribution is 5.14. The summed E-state index contributed by atoms with van der Waals surface area (Å²) < 4.78 is 0. The molecule has 0 heterocycles. The molecule has 0 aromatic heterocycles. The normalized spacial score (nSPS) is 18.7. The van der Waals surface area contributed by atoms with Crippen LogP contribution in [0.5, 0.6) is 0 Å². The van der Waals surface area contributed by atoms with Gasteiger partial charge in [0.1, 0.15) is 0 Å². The Kier molecular flexibility index (Phi) is 1.10. The van der Waals surface area contributed by atoms with Gasteiger partial charge >= 0.3 is 0 Å². The smallest absolute Gasteiger partial charge is 0.0130 e. The molecule has 0 heteroatoms. The lowest BCUT2D eigenvalue weighted by atomic mass is 10.4. The Balaban J connectivity index is 2.46. The Labute approximate surface area is 38.2 Å². The Morgan fingerprint density at radius 1 is 1.33 bits per heavy atom. The van der Waals surface area contributed by atoms with Crippen molar-refractivity contribution in [2.24, 2.45) is 0 Å². The zero-order valence-electron chi connectivity index (χ0n) is 3.59. The van der Waals surface area contributed by atoms with Gasteiger partial charge in [-0.25, -0.2) is 0 Å². The molecule has 1 radical (unpaired) electrons. The summed E-state index contributed by atoms with van der Waals surface area (Å²) in [6.45, 7) is 0. The van der Waals surface area contributed by atoms with Gasteiger partial charge in [0.05, 0.1) is 0 Å². The molecule has 0 bridgehead atoms. The number of hydrogen-bond donors (Lipinski definition) is 0. The van der Waals surface area contributed by atoms with Crippen LogP contribution in [-0.2, 0) is 0 Å². The molecule has 0 atom stereocenters. The van der Waals surface area contributed by atoms with Crippen molar-refractivity contribution in [3.8, 4) is 0 Å². The van der Waals surface area contributed by atoms with Gasteiger partial charge in [-0.1, -0.05) is 24.3 Å². The third-order valence-electron chi connectivity index (χ3n) is 0.767. The fourth-order valence-electron chi connectivity index (χ4n) is 0.457. The van der Waals surface area contributed by atoms with Crippen LogP contribution in [0.2, 0.25) is 0 Å². The monoisotopic (exact) mass is 81.1 g/mol. The molecule has 0 saturated heterocycles. The minimum Gasteiger partial charge on any atom is -0.0839 e. The predicted molar refractivity (Wildman–Crippen MR) is 27.2 cm³/mol. The predicted octanol–water partition coefficient (Wildman–Crippen LogP) is 1.71. The molecule has 0 aromatic carbocycles. The van der Waals surface area contributed by atoms with E-state index in [1.165, 1.54) is 0 Å². The third-order valence-corrected chi connectivity index (χ3v) is 0.767. The first kappa shape index (κ1) is 3.66. The highest BCUT2D eigenvalue weighted by atomic mass is 14.8. The van der Waals surface area contributed by atoms with E-state index >= 15 is 0 Å². The standard InChI is InChI=1S/C6H7/c1-2-4-6-5-3-1/h1-5H,6H2/i4+2. The molecule has 0 unspecified atom stereocenters. The molecule has 6 heavy (non-hydrogen) atoms. The molecule has 0 saturated carbocycles. The van der Waals surface area contributed by atoms with Crippen LogP contribution >= 0.6 is 0 Å². The highest BCUT2D eigenvalue weighted by Crippen LogP contribution is 1.96. The third kappa shape index (κ3) is 0.713. The van der Waals surface area contributed by atoms with Gasteiger partial charge in [-0.3, -0.25) is 0 Å². The maximum absolute atomic E-state index is 2.12. The van der Waals surface area contributed by atoms with Crippen molar-refractivity contribution < 1.29 is 0 Å². The fraction of sp³-hybridized carbons (Fsp3) is 0.167. The van der Waals surface area contributed by atoms with Gasteiger partial charge in [0.2, 0.25) is 0 Å². The van der Waals surface area contributed by atoms with Gasteiger partial charge in [0, 0.05) is 0 Å². The molecular formula is C6H7. The van der Waals surface area contributed by atoms with Gasteiger partial charge < -0.3 is 0 Å². The summed E-state index contributed by atoms with van der Waals surface area (Å²) in [5.74, 6) is 0. The van der Waals surface area contributed by atoms with Crippen LogP contribution in [0.4, 0.5) is 0 Å². The lowest BCUT2D eigenvalue weighted by molar-refractivity contribution is 1.27. The largest absolute Gasteiger partial charge is 0.0839 e. The number of rotatable bonds is 0. The lowest BCUT2D eigenvalue weighted by Gasteiger charge is -1.87. The summed E-state index contributed by atoms with van der Waals surface area (Å²) in [6.07, 6.45) is 11.5. The van der Waals surface area contributed by atoms with Gasteiger partial charge in [-0.2, -0.15) is 0 Å². The summed E-state index contributed by atoms with van der Waals surface area (Å²) in [6, 6.07) is 0. The zero-order valence-corrected chi connectivity index (χ0v) is 3.59. The van der Waals surface area contributed by atoms with Crippen molar-refractivity contribution in [3.05, 3.63) is 30.7 Å². The average Bonchev–Trinajstić information content (AvgIpc) is 1.72. The second kappa shape index (κ2) is 1.81. The van der Waals surface area contributed by atoms with Crippen molar-refractivity contribution in [1.29, 1.82) is 0 Å². The van der Waals surface area contributed by atoms with E-state index in [1.807, 2.05) is 6.08 Å². The van der Waals surface area contributed by atoms with E-state index in [1.54, 1.807) is 0 Å². The number of allylic oxidation sites excluding steroid dienone is 4. The quantitative estimate of drug-likeness (QED) is 0.416. The van der Waals surface area contributed by atoms with Crippen LogP contribution in [-0.4, -0.2) is 0 Å². The zero-order chi connectivity index (χ0) is 4.24. The van der Waals surface area contributed by atoms with E-state index in [0.717, 1.165) is 6.42 Å². The summed E-state index contributed by atoms with van der Waals surface area (Å²) in [4.78, 5) is 0. The van der Waals surface area contributed by atoms with Gasteiger partial charge in [0.25, 0.3) is 0 Å². The molecule has 1 aliphatic rings. The molecule has 0 amide bonds. The van der Waals surface area contributed by atoms with Crippen LogP contribution in [0.15, 0.2) is 24.3 Å². The lowest BCUT2D eigenvalue weighted by Crippen LogP contribution is -1.69. The van der Waals surface area contributed by atoms with E-state index in [0.29, 0.717) is 0 Å².